The summed E-state index contributed by atoms with van der Waals surface area (Å²) in [5, 5.41) is 2.40. The Morgan fingerprint density at radius 1 is 1.00 bits per heavy atom. The van der Waals surface area contributed by atoms with Gasteiger partial charge in [0.15, 0.2) is 0 Å². The molecule has 29 heavy (non-hydrogen) atoms. The van der Waals surface area contributed by atoms with Gasteiger partial charge in [-0.3, -0.25) is 14.6 Å². The average molecular weight is 407 g/mol. The normalized spacial score (nSPS) is 15.9. The van der Waals surface area contributed by atoms with Crippen molar-refractivity contribution in [3.63, 3.8) is 0 Å². The fourth-order valence-corrected chi connectivity index (χ4v) is 3.33. The van der Waals surface area contributed by atoms with E-state index in [0.29, 0.717) is 13.1 Å². The Hall–Kier alpha value is -2.58. The van der Waals surface area contributed by atoms with E-state index in [-0.39, 0.29) is 12.2 Å². The molecule has 0 saturated carbocycles. The van der Waals surface area contributed by atoms with Crippen LogP contribution in [0.5, 0.6) is 5.75 Å². The number of halogens is 3. The van der Waals surface area contributed by atoms with Crippen LogP contribution >= 0.6 is 0 Å². The molecule has 1 aliphatic rings. The summed E-state index contributed by atoms with van der Waals surface area (Å²) in [5.74, 6) is 0.377. The van der Waals surface area contributed by atoms with Crippen molar-refractivity contribution >= 4 is 11.6 Å². The maximum absolute atomic E-state index is 13.0. The molecule has 0 atom stereocenters. The van der Waals surface area contributed by atoms with Gasteiger partial charge in [-0.25, -0.2) is 0 Å². The van der Waals surface area contributed by atoms with Crippen molar-refractivity contribution < 1.29 is 22.7 Å². The summed E-state index contributed by atoms with van der Waals surface area (Å²) in [5.41, 5.74) is 0.140. The van der Waals surface area contributed by atoms with Gasteiger partial charge in [0.05, 0.1) is 24.9 Å². The van der Waals surface area contributed by atoms with E-state index in [9.17, 15) is 18.0 Å². The van der Waals surface area contributed by atoms with Gasteiger partial charge in [0.1, 0.15) is 5.75 Å². The number of piperazine rings is 1. The molecular weight excluding hydrogens is 383 g/mol. The van der Waals surface area contributed by atoms with E-state index < -0.39 is 17.6 Å². The number of hydrogen-bond acceptors (Lipinski definition) is 4. The first-order valence-electron chi connectivity index (χ1n) is 9.39. The van der Waals surface area contributed by atoms with Crippen molar-refractivity contribution in [3.8, 4) is 5.75 Å². The molecule has 1 N–H and O–H groups in total. The molecule has 1 aliphatic heterocycles. The summed E-state index contributed by atoms with van der Waals surface area (Å²) < 4.78 is 44.3. The second kappa shape index (κ2) is 9.28. The smallest absolute Gasteiger partial charge is 0.418 e. The molecule has 0 aromatic heterocycles. The molecule has 0 radical (unpaired) electrons. The van der Waals surface area contributed by atoms with Gasteiger partial charge < -0.3 is 10.1 Å². The number of alkyl halides is 3. The number of nitrogens with zero attached hydrogens (tertiary/aromatic N) is 2. The number of nitrogens with one attached hydrogen (secondary N) is 1. The van der Waals surface area contributed by atoms with Crippen molar-refractivity contribution in [1.82, 2.24) is 9.80 Å². The Morgan fingerprint density at radius 2 is 1.62 bits per heavy atom. The summed E-state index contributed by atoms with van der Waals surface area (Å²) in [6, 6.07) is 12.9. The monoisotopic (exact) mass is 407 g/mol. The van der Waals surface area contributed by atoms with E-state index >= 15 is 0 Å². The van der Waals surface area contributed by atoms with Gasteiger partial charge in [-0.05, 0) is 29.8 Å². The number of benzene rings is 2. The van der Waals surface area contributed by atoms with Crippen LogP contribution in [0.1, 0.15) is 11.1 Å². The Balaban J connectivity index is 1.47. The lowest BCUT2D eigenvalue weighted by Gasteiger charge is -2.34. The minimum atomic E-state index is -4.50. The molecule has 1 amide bonds. The van der Waals surface area contributed by atoms with E-state index in [2.05, 4.69) is 10.2 Å². The van der Waals surface area contributed by atoms with Crippen LogP contribution in [0.15, 0.2) is 48.5 Å². The number of rotatable bonds is 6. The molecule has 1 saturated heterocycles. The molecule has 5 nitrogen and oxygen atoms in total. The molecule has 1 fully saturated rings. The third-order valence-corrected chi connectivity index (χ3v) is 4.90. The standard InChI is InChI=1S/C21H24F3N3O2/c1-29-17-8-6-16(7-9-17)14-26-10-12-27(13-11-26)15-20(28)25-19-5-3-2-4-18(19)21(22,23)24/h2-9H,10-15H2,1H3,(H,25,28). The van der Waals surface area contributed by atoms with Crippen molar-refractivity contribution in [2.24, 2.45) is 0 Å². The van der Waals surface area contributed by atoms with E-state index in [1.807, 2.05) is 29.2 Å². The first-order chi connectivity index (χ1) is 13.8. The zero-order chi connectivity index (χ0) is 20.9. The highest BCUT2D eigenvalue weighted by molar-refractivity contribution is 5.93. The van der Waals surface area contributed by atoms with Crippen molar-refractivity contribution in [2.45, 2.75) is 12.7 Å². The quantitative estimate of drug-likeness (QED) is 0.797. The molecule has 0 unspecified atom stereocenters. The van der Waals surface area contributed by atoms with Crippen LogP contribution in [0.3, 0.4) is 0 Å². The number of anilines is 1. The Labute approximate surface area is 168 Å². The summed E-state index contributed by atoms with van der Waals surface area (Å²) in [7, 11) is 1.63. The predicted octanol–water partition coefficient (Wildman–Crippen LogP) is 3.47. The number of methoxy groups -OCH3 is 1. The van der Waals surface area contributed by atoms with Crippen LogP contribution in [0.4, 0.5) is 18.9 Å². The molecular formula is C21H24F3N3O2. The third kappa shape index (κ3) is 5.95. The van der Waals surface area contributed by atoms with E-state index in [1.165, 1.54) is 23.8 Å². The Morgan fingerprint density at radius 3 is 2.24 bits per heavy atom. The lowest BCUT2D eigenvalue weighted by atomic mass is 10.1. The summed E-state index contributed by atoms with van der Waals surface area (Å²) >= 11 is 0. The molecule has 2 aromatic rings. The van der Waals surface area contributed by atoms with Crippen molar-refractivity contribution in [3.05, 3.63) is 59.7 Å². The molecule has 156 valence electrons. The second-order valence-electron chi connectivity index (χ2n) is 6.99. The van der Waals surface area contributed by atoms with Gasteiger partial charge in [0.25, 0.3) is 0 Å². The number of hydrogen-bond donors (Lipinski definition) is 1. The highest BCUT2D eigenvalue weighted by atomic mass is 19.4. The van der Waals surface area contributed by atoms with Gasteiger partial charge in [0, 0.05) is 32.7 Å². The highest BCUT2D eigenvalue weighted by Crippen LogP contribution is 2.34. The van der Waals surface area contributed by atoms with Gasteiger partial charge in [0.2, 0.25) is 5.91 Å². The van der Waals surface area contributed by atoms with Crippen LogP contribution in [-0.2, 0) is 17.5 Å². The van der Waals surface area contributed by atoms with E-state index in [0.717, 1.165) is 31.5 Å². The van der Waals surface area contributed by atoms with Crippen LogP contribution in [0, 0.1) is 0 Å². The molecule has 0 spiro atoms. The van der Waals surface area contributed by atoms with E-state index in [4.69, 9.17) is 4.74 Å². The minimum Gasteiger partial charge on any atom is -0.497 e. The van der Waals surface area contributed by atoms with Crippen molar-refractivity contribution in [1.29, 1.82) is 0 Å². The Kier molecular flexibility index (Phi) is 6.76. The van der Waals surface area contributed by atoms with Crippen molar-refractivity contribution in [2.75, 3.05) is 45.2 Å². The zero-order valence-electron chi connectivity index (χ0n) is 16.2. The first-order valence-corrected chi connectivity index (χ1v) is 9.39. The number of para-hydroxylation sites is 1. The largest absolute Gasteiger partial charge is 0.497 e. The van der Waals surface area contributed by atoms with Gasteiger partial charge in [-0.15, -0.1) is 0 Å². The SMILES string of the molecule is COc1ccc(CN2CCN(CC(=O)Nc3ccccc3C(F)(F)F)CC2)cc1. The molecule has 1 heterocycles. The molecule has 0 aliphatic carbocycles. The topological polar surface area (TPSA) is 44.8 Å². The minimum absolute atomic E-state index is 0.0720. The maximum Gasteiger partial charge on any atom is 0.418 e. The summed E-state index contributed by atoms with van der Waals surface area (Å²) in [4.78, 5) is 16.5. The molecule has 2 aromatic carbocycles. The van der Waals surface area contributed by atoms with Gasteiger partial charge >= 0.3 is 6.18 Å². The van der Waals surface area contributed by atoms with Crippen LogP contribution in [-0.4, -0.2) is 55.5 Å². The molecule has 8 heteroatoms. The fraction of sp³-hybridized carbons (Fsp3) is 0.381. The lowest BCUT2D eigenvalue weighted by Crippen LogP contribution is -2.48. The average Bonchev–Trinajstić information content (AvgIpc) is 2.69. The number of ether oxygens (including phenoxy) is 1. The lowest BCUT2D eigenvalue weighted by molar-refractivity contribution is -0.137. The van der Waals surface area contributed by atoms with Crippen LogP contribution in [0.25, 0.3) is 0 Å². The molecule has 3 rings (SSSR count). The number of amides is 1. The van der Waals surface area contributed by atoms with E-state index in [1.54, 1.807) is 7.11 Å². The fourth-order valence-electron chi connectivity index (χ4n) is 3.33. The van der Waals surface area contributed by atoms with Crippen LogP contribution in [0.2, 0.25) is 0 Å². The Bertz CT molecular complexity index is 817. The second-order valence-corrected chi connectivity index (χ2v) is 6.99. The molecule has 0 bridgehead atoms. The first kappa shape index (κ1) is 21.1. The number of carbonyl (C=O) groups is 1. The maximum atomic E-state index is 13.0. The predicted molar refractivity (Wildman–Crippen MR) is 105 cm³/mol. The zero-order valence-corrected chi connectivity index (χ0v) is 16.2. The van der Waals surface area contributed by atoms with Gasteiger partial charge in [-0.1, -0.05) is 24.3 Å². The highest BCUT2D eigenvalue weighted by Gasteiger charge is 2.33. The summed E-state index contributed by atoms with van der Waals surface area (Å²) in [6.45, 7) is 3.83. The third-order valence-electron chi connectivity index (χ3n) is 4.90. The van der Waals surface area contributed by atoms with Crippen LogP contribution < -0.4 is 10.1 Å². The number of carbonyl (C=O) groups excluding carboxylic acids is 1. The summed E-state index contributed by atoms with van der Waals surface area (Å²) in [6.07, 6.45) is -4.50. The van der Waals surface area contributed by atoms with Gasteiger partial charge in [-0.2, -0.15) is 13.2 Å².